The molecule has 5 aliphatic rings. The predicted molar refractivity (Wildman–Crippen MR) is 119 cm³/mol. The Bertz CT molecular complexity index is 703. The second kappa shape index (κ2) is 7.52. The van der Waals surface area contributed by atoms with E-state index in [0.717, 1.165) is 50.5 Å². The average Bonchev–Trinajstić information content (AvgIpc) is 3.45. The quantitative estimate of drug-likeness (QED) is 0.686. The highest BCUT2D eigenvalue weighted by Gasteiger charge is 2.47. The van der Waals surface area contributed by atoms with Gasteiger partial charge < -0.3 is 10.6 Å². The zero-order chi connectivity index (χ0) is 21.1. The summed E-state index contributed by atoms with van der Waals surface area (Å²) in [4.78, 5) is 26.0. The topological polar surface area (TPSA) is 58.2 Å². The molecule has 5 saturated carbocycles. The third kappa shape index (κ3) is 4.05. The van der Waals surface area contributed by atoms with Crippen molar-refractivity contribution in [1.82, 2.24) is 10.6 Å². The number of nitrogens with one attached hydrogen (secondary N) is 2. The lowest BCUT2D eigenvalue weighted by atomic mass is 9.62. The van der Waals surface area contributed by atoms with Gasteiger partial charge in [-0.15, -0.1) is 0 Å². The van der Waals surface area contributed by atoms with Crippen LogP contribution < -0.4 is 10.6 Å². The van der Waals surface area contributed by atoms with Crippen LogP contribution in [0.2, 0.25) is 0 Å². The minimum atomic E-state index is 0.0572. The SMILES string of the molecule is CC1(C)C[C@H](NC(=O)[C@@H]2C[C@H]3CC[C@H]2C3)C[C@](C)(CNC(=O)[C@@H]2C[C@H]3CC[C@H]2C3)C1. The Balaban J connectivity index is 1.18. The molecule has 5 rings (SSSR count). The summed E-state index contributed by atoms with van der Waals surface area (Å²) in [6.45, 7) is 7.74. The van der Waals surface area contributed by atoms with Crippen molar-refractivity contribution in [2.24, 2.45) is 46.3 Å². The van der Waals surface area contributed by atoms with Gasteiger partial charge in [0.15, 0.2) is 0 Å². The summed E-state index contributed by atoms with van der Waals surface area (Å²) in [6.07, 6.45) is 13.1. The van der Waals surface area contributed by atoms with Crippen LogP contribution >= 0.6 is 0 Å². The zero-order valence-electron chi connectivity index (χ0n) is 19.3. The van der Waals surface area contributed by atoms with E-state index in [1.165, 1.54) is 38.5 Å². The molecule has 0 aromatic carbocycles. The lowest BCUT2D eigenvalue weighted by Gasteiger charge is -2.47. The van der Waals surface area contributed by atoms with Crippen LogP contribution in [-0.4, -0.2) is 24.4 Å². The van der Waals surface area contributed by atoms with Crippen LogP contribution in [0.4, 0.5) is 0 Å². The lowest BCUT2D eigenvalue weighted by molar-refractivity contribution is -0.129. The zero-order valence-corrected chi connectivity index (χ0v) is 19.3. The van der Waals surface area contributed by atoms with Gasteiger partial charge >= 0.3 is 0 Å². The van der Waals surface area contributed by atoms with Gasteiger partial charge in [-0.1, -0.05) is 33.6 Å². The molecular formula is C26H42N2O2. The lowest BCUT2D eigenvalue weighted by Crippen LogP contribution is -2.52. The first-order valence-electron chi connectivity index (χ1n) is 12.8. The van der Waals surface area contributed by atoms with Gasteiger partial charge in [0.1, 0.15) is 0 Å². The second-order valence-electron chi connectivity index (χ2n) is 13.0. The maximum atomic E-state index is 13.1. The first-order valence-corrected chi connectivity index (χ1v) is 12.8. The fourth-order valence-corrected chi connectivity index (χ4v) is 8.74. The predicted octanol–water partition coefficient (Wildman–Crippen LogP) is 4.68. The Kier molecular flexibility index (Phi) is 5.22. The fraction of sp³-hybridized carbons (Fsp3) is 0.923. The van der Waals surface area contributed by atoms with Gasteiger partial charge in [0.2, 0.25) is 11.8 Å². The van der Waals surface area contributed by atoms with Crippen molar-refractivity contribution in [2.45, 2.75) is 97.4 Å². The van der Waals surface area contributed by atoms with E-state index in [-0.39, 0.29) is 28.7 Å². The molecule has 2 amide bonds. The molecule has 8 atom stereocenters. The summed E-state index contributed by atoms with van der Waals surface area (Å²) >= 11 is 0. The summed E-state index contributed by atoms with van der Waals surface area (Å²) < 4.78 is 0. The van der Waals surface area contributed by atoms with Crippen LogP contribution in [0.5, 0.6) is 0 Å². The Hall–Kier alpha value is -1.06. The Morgan fingerprint density at radius 1 is 0.800 bits per heavy atom. The maximum Gasteiger partial charge on any atom is 0.223 e. The monoisotopic (exact) mass is 414 g/mol. The smallest absolute Gasteiger partial charge is 0.223 e. The van der Waals surface area contributed by atoms with Crippen LogP contribution in [0.15, 0.2) is 0 Å². The highest BCUT2D eigenvalue weighted by molar-refractivity contribution is 5.80. The number of carbonyl (C=O) groups is 2. The standard InChI is InChI=1S/C26H42N2O2/c1-25(2)12-20(28-24(30)22-11-17-5-7-19(22)9-17)13-26(3,14-25)15-27-23(29)21-10-16-4-6-18(21)8-16/h16-22H,4-15H2,1-3H3,(H,27,29)(H,28,30)/t16-,17-,18-,19-,20-,21+,22+,26-/m0/s1. The number of rotatable bonds is 5. The van der Waals surface area contributed by atoms with Crippen LogP contribution in [0.25, 0.3) is 0 Å². The van der Waals surface area contributed by atoms with E-state index in [4.69, 9.17) is 0 Å². The van der Waals surface area contributed by atoms with Crippen molar-refractivity contribution in [1.29, 1.82) is 0 Å². The summed E-state index contributed by atoms with van der Waals surface area (Å²) in [6, 6.07) is 0.241. The van der Waals surface area contributed by atoms with Crippen molar-refractivity contribution in [3.05, 3.63) is 0 Å². The summed E-state index contributed by atoms with van der Waals surface area (Å²) in [5, 5.41) is 6.83. The molecule has 0 heterocycles. The highest BCUT2D eigenvalue weighted by atomic mass is 16.2. The van der Waals surface area contributed by atoms with E-state index in [0.29, 0.717) is 23.7 Å². The van der Waals surface area contributed by atoms with E-state index in [9.17, 15) is 9.59 Å². The first-order chi connectivity index (χ1) is 14.2. The molecule has 4 nitrogen and oxygen atoms in total. The van der Waals surface area contributed by atoms with Gasteiger partial charge in [0, 0.05) is 24.4 Å². The van der Waals surface area contributed by atoms with Crippen LogP contribution in [0.1, 0.15) is 91.4 Å². The normalized spacial score (nSPS) is 46.2. The van der Waals surface area contributed by atoms with Gasteiger partial charge in [0.25, 0.3) is 0 Å². The minimum absolute atomic E-state index is 0.0572. The summed E-state index contributed by atoms with van der Waals surface area (Å²) in [5.74, 6) is 4.03. The summed E-state index contributed by atoms with van der Waals surface area (Å²) in [7, 11) is 0. The number of amides is 2. The third-order valence-electron chi connectivity index (χ3n) is 9.63. The van der Waals surface area contributed by atoms with Gasteiger partial charge in [-0.3, -0.25) is 9.59 Å². The molecule has 4 bridgehead atoms. The van der Waals surface area contributed by atoms with E-state index >= 15 is 0 Å². The highest BCUT2D eigenvalue weighted by Crippen LogP contribution is 2.50. The molecule has 0 aromatic rings. The van der Waals surface area contributed by atoms with Gasteiger partial charge in [0.05, 0.1) is 0 Å². The van der Waals surface area contributed by atoms with E-state index in [1.807, 2.05) is 0 Å². The number of carbonyl (C=O) groups excluding carboxylic acids is 2. The van der Waals surface area contributed by atoms with E-state index in [1.54, 1.807) is 0 Å². The molecule has 0 aromatic heterocycles. The molecule has 0 saturated heterocycles. The molecule has 5 fully saturated rings. The minimum Gasteiger partial charge on any atom is -0.355 e. The van der Waals surface area contributed by atoms with Crippen molar-refractivity contribution in [3.63, 3.8) is 0 Å². The maximum absolute atomic E-state index is 13.1. The molecular weight excluding hydrogens is 372 g/mol. The average molecular weight is 415 g/mol. The molecule has 5 aliphatic carbocycles. The molecule has 0 spiro atoms. The summed E-state index contributed by atoms with van der Waals surface area (Å²) in [5.41, 5.74) is 0.248. The molecule has 0 radical (unpaired) electrons. The third-order valence-corrected chi connectivity index (χ3v) is 9.63. The van der Waals surface area contributed by atoms with Crippen LogP contribution in [0, 0.1) is 46.3 Å². The molecule has 0 unspecified atom stereocenters. The van der Waals surface area contributed by atoms with Crippen molar-refractivity contribution in [3.8, 4) is 0 Å². The molecule has 30 heavy (non-hydrogen) atoms. The first kappa shape index (κ1) is 20.8. The molecule has 2 N–H and O–H groups in total. The molecule has 0 aliphatic heterocycles. The Morgan fingerprint density at radius 3 is 1.93 bits per heavy atom. The largest absolute Gasteiger partial charge is 0.355 e. The van der Waals surface area contributed by atoms with Crippen LogP contribution in [-0.2, 0) is 9.59 Å². The van der Waals surface area contributed by atoms with Gasteiger partial charge in [-0.25, -0.2) is 0 Å². The fourth-order valence-electron chi connectivity index (χ4n) is 8.74. The molecule has 168 valence electrons. The van der Waals surface area contributed by atoms with Crippen molar-refractivity contribution >= 4 is 11.8 Å². The Labute approximate surface area is 182 Å². The van der Waals surface area contributed by atoms with Crippen LogP contribution in [0.3, 0.4) is 0 Å². The number of fused-ring (bicyclic) bond motifs is 4. The van der Waals surface area contributed by atoms with E-state index < -0.39 is 0 Å². The molecule has 4 heteroatoms. The van der Waals surface area contributed by atoms with Crippen molar-refractivity contribution in [2.75, 3.05) is 6.54 Å². The number of hydrogen-bond donors (Lipinski definition) is 2. The van der Waals surface area contributed by atoms with Crippen molar-refractivity contribution < 1.29 is 9.59 Å². The number of hydrogen-bond acceptors (Lipinski definition) is 2. The second-order valence-corrected chi connectivity index (χ2v) is 13.0. The Morgan fingerprint density at radius 2 is 1.40 bits per heavy atom. The van der Waals surface area contributed by atoms with Gasteiger partial charge in [-0.05, 0) is 92.3 Å². The van der Waals surface area contributed by atoms with E-state index in [2.05, 4.69) is 31.4 Å². The van der Waals surface area contributed by atoms with Gasteiger partial charge in [-0.2, -0.15) is 0 Å².